The van der Waals surface area contributed by atoms with Crippen LogP contribution in [0.3, 0.4) is 0 Å². The Kier molecular flexibility index (Phi) is 3.09. The van der Waals surface area contributed by atoms with Gasteiger partial charge in [0, 0.05) is 5.92 Å². The van der Waals surface area contributed by atoms with Crippen molar-refractivity contribution in [2.24, 2.45) is 0 Å². The van der Waals surface area contributed by atoms with Crippen LogP contribution in [-0.2, 0) is 9.53 Å². The molecule has 1 aromatic carbocycles. The number of rotatable bonds is 2. The molecule has 2 nitrogen and oxygen atoms in total. The summed E-state index contributed by atoms with van der Waals surface area (Å²) in [6.07, 6.45) is -5.48. The van der Waals surface area contributed by atoms with Gasteiger partial charge in [-0.1, -0.05) is 30.3 Å². The Morgan fingerprint density at radius 2 is 1.94 bits per heavy atom. The second-order valence-corrected chi connectivity index (χ2v) is 4.75. The van der Waals surface area contributed by atoms with Crippen molar-refractivity contribution in [2.75, 3.05) is 0 Å². The Labute approximate surface area is 103 Å². The standard InChI is InChI=1S/C13H13F3O2/c1-12(8-13(14,15)16)10(7-11(17)18-12)9-5-3-2-4-6-9/h2-6,10H,7-8H2,1H3/t10?,12-/m0/s1. The fraction of sp³-hybridized carbons (Fsp3) is 0.462. The fourth-order valence-electron chi connectivity index (χ4n) is 2.47. The molecule has 0 bridgehead atoms. The Hall–Kier alpha value is -1.52. The van der Waals surface area contributed by atoms with E-state index in [2.05, 4.69) is 0 Å². The van der Waals surface area contributed by atoms with E-state index in [1.807, 2.05) is 0 Å². The molecular formula is C13H13F3O2. The summed E-state index contributed by atoms with van der Waals surface area (Å²) in [6, 6.07) is 8.71. The number of carbonyl (C=O) groups is 1. The second kappa shape index (κ2) is 4.30. The second-order valence-electron chi connectivity index (χ2n) is 4.75. The van der Waals surface area contributed by atoms with Gasteiger partial charge in [0.25, 0.3) is 0 Å². The van der Waals surface area contributed by atoms with Gasteiger partial charge in [-0.15, -0.1) is 0 Å². The van der Waals surface area contributed by atoms with Crippen molar-refractivity contribution in [3.63, 3.8) is 0 Å². The molecule has 0 aromatic heterocycles. The summed E-state index contributed by atoms with van der Waals surface area (Å²) in [5.41, 5.74) is -0.799. The molecule has 2 rings (SSSR count). The summed E-state index contributed by atoms with van der Waals surface area (Å²) < 4.78 is 42.7. The monoisotopic (exact) mass is 258 g/mol. The summed E-state index contributed by atoms with van der Waals surface area (Å²) in [5.74, 6) is -1.12. The van der Waals surface area contributed by atoms with E-state index in [0.717, 1.165) is 0 Å². The third kappa shape index (κ3) is 2.66. The first kappa shape index (κ1) is 12.9. The molecule has 1 heterocycles. The van der Waals surface area contributed by atoms with E-state index in [9.17, 15) is 18.0 Å². The van der Waals surface area contributed by atoms with Gasteiger partial charge in [-0.05, 0) is 12.5 Å². The van der Waals surface area contributed by atoms with Gasteiger partial charge in [0.1, 0.15) is 5.60 Å². The Morgan fingerprint density at radius 3 is 2.50 bits per heavy atom. The minimum atomic E-state index is -4.35. The zero-order valence-electron chi connectivity index (χ0n) is 9.83. The van der Waals surface area contributed by atoms with Crippen LogP contribution < -0.4 is 0 Å². The fourth-order valence-corrected chi connectivity index (χ4v) is 2.47. The average Bonchev–Trinajstić information content (AvgIpc) is 2.52. The summed E-state index contributed by atoms with van der Waals surface area (Å²) in [7, 11) is 0. The van der Waals surface area contributed by atoms with Crippen LogP contribution in [0, 0.1) is 0 Å². The molecule has 1 aliphatic heterocycles. The number of halogens is 3. The molecule has 98 valence electrons. The quantitative estimate of drug-likeness (QED) is 0.760. The number of hydrogen-bond acceptors (Lipinski definition) is 2. The minimum absolute atomic E-state index is 0.00338. The lowest BCUT2D eigenvalue weighted by Crippen LogP contribution is -2.36. The SMILES string of the molecule is C[C@@]1(CC(F)(F)F)OC(=O)CC1c1ccccc1. The molecule has 1 saturated heterocycles. The molecule has 0 spiro atoms. The van der Waals surface area contributed by atoms with Gasteiger partial charge in [-0.25, -0.2) is 0 Å². The third-order valence-corrected chi connectivity index (χ3v) is 3.21. The van der Waals surface area contributed by atoms with Crippen molar-refractivity contribution in [1.29, 1.82) is 0 Å². The van der Waals surface area contributed by atoms with E-state index in [1.165, 1.54) is 6.92 Å². The number of cyclic esters (lactones) is 1. The normalized spacial score (nSPS) is 28.2. The lowest BCUT2D eigenvalue weighted by Gasteiger charge is -2.30. The number of alkyl halides is 3. The molecule has 18 heavy (non-hydrogen) atoms. The van der Waals surface area contributed by atoms with Crippen LogP contribution in [-0.4, -0.2) is 17.7 Å². The zero-order valence-corrected chi connectivity index (χ0v) is 9.83. The highest BCUT2D eigenvalue weighted by Gasteiger charge is 2.52. The Balaban J connectivity index is 2.31. The van der Waals surface area contributed by atoms with Crippen molar-refractivity contribution in [1.82, 2.24) is 0 Å². The highest BCUT2D eigenvalue weighted by Crippen LogP contribution is 2.46. The van der Waals surface area contributed by atoms with Crippen molar-refractivity contribution >= 4 is 5.97 Å². The molecule has 0 aliphatic carbocycles. The molecule has 0 N–H and O–H groups in total. The zero-order chi connectivity index (χ0) is 13.4. The maximum Gasteiger partial charge on any atom is 0.392 e. The van der Waals surface area contributed by atoms with Gasteiger partial charge in [0.15, 0.2) is 0 Å². The summed E-state index contributed by atoms with van der Waals surface area (Å²) in [4.78, 5) is 11.3. The predicted molar refractivity (Wildman–Crippen MR) is 59.0 cm³/mol. The van der Waals surface area contributed by atoms with Crippen LogP contribution in [0.15, 0.2) is 30.3 Å². The van der Waals surface area contributed by atoms with E-state index >= 15 is 0 Å². The Morgan fingerprint density at radius 1 is 1.33 bits per heavy atom. The summed E-state index contributed by atoms with van der Waals surface area (Å²) in [5, 5.41) is 0. The maximum absolute atomic E-state index is 12.6. The topological polar surface area (TPSA) is 26.3 Å². The first-order valence-electron chi connectivity index (χ1n) is 5.64. The van der Waals surface area contributed by atoms with E-state index < -0.39 is 30.1 Å². The van der Waals surface area contributed by atoms with E-state index in [1.54, 1.807) is 30.3 Å². The van der Waals surface area contributed by atoms with Crippen LogP contribution in [0.25, 0.3) is 0 Å². The first-order chi connectivity index (χ1) is 8.30. The molecule has 2 atom stereocenters. The van der Waals surface area contributed by atoms with E-state index in [-0.39, 0.29) is 6.42 Å². The van der Waals surface area contributed by atoms with Crippen molar-refractivity contribution < 1.29 is 22.7 Å². The van der Waals surface area contributed by atoms with Crippen LogP contribution in [0.5, 0.6) is 0 Å². The predicted octanol–water partition coefficient (Wildman–Crippen LogP) is 3.43. The molecular weight excluding hydrogens is 245 g/mol. The van der Waals surface area contributed by atoms with Gasteiger partial charge in [0.2, 0.25) is 0 Å². The lowest BCUT2D eigenvalue weighted by atomic mass is 9.81. The van der Waals surface area contributed by atoms with Crippen molar-refractivity contribution in [3.05, 3.63) is 35.9 Å². The van der Waals surface area contributed by atoms with Gasteiger partial charge >= 0.3 is 12.1 Å². The van der Waals surface area contributed by atoms with Crippen molar-refractivity contribution in [3.8, 4) is 0 Å². The molecule has 0 saturated carbocycles. The number of ether oxygens (including phenoxy) is 1. The number of benzene rings is 1. The van der Waals surface area contributed by atoms with Gasteiger partial charge < -0.3 is 4.74 Å². The van der Waals surface area contributed by atoms with Crippen LogP contribution in [0.2, 0.25) is 0 Å². The molecule has 1 aliphatic rings. The number of esters is 1. The average molecular weight is 258 g/mol. The van der Waals surface area contributed by atoms with Gasteiger partial charge in [0.05, 0.1) is 12.8 Å². The molecule has 0 radical (unpaired) electrons. The van der Waals surface area contributed by atoms with Crippen molar-refractivity contribution in [2.45, 2.75) is 37.5 Å². The molecule has 1 fully saturated rings. The van der Waals surface area contributed by atoms with E-state index in [0.29, 0.717) is 5.56 Å². The highest BCUT2D eigenvalue weighted by atomic mass is 19.4. The summed E-state index contributed by atoms with van der Waals surface area (Å²) >= 11 is 0. The molecule has 1 unspecified atom stereocenters. The molecule has 0 amide bonds. The molecule has 5 heteroatoms. The van der Waals surface area contributed by atoms with Gasteiger partial charge in [-0.3, -0.25) is 4.79 Å². The smallest absolute Gasteiger partial charge is 0.392 e. The Bertz CT molecular complexity index is 441. The number of carbonyl (C=O) groups excluding carboxylic acids is 1. The largest absolute Gasteiger partial charge is 0.458 e. The third-order valence-electron chi connectivity index (χ3n) is 3.21. The lowest BCUT2D eigenvalue weighted by molar-refractivity contribution is -0.183. The summed E-state index contributed by atoms with van der Waals surface area (Å²) in [6.45, 7) is 1.35. The maximum atomic E-state index is 12.6. The van der Waals surface area contributed by atoms with Crippen LogP contribution in [0.4, 0.5) is 13.2 Å². The highest BCUT2D eigenvalue weighted by molar-refractivity contribution is 5.74. The first-order valence-corrected chi connectivity index (χ1v) is 5.64. The van der Waals surface area contributed by atoms with E-state index in [4.69, 9.17) is 4.74 Å². The van der Waals surface area contributed by atoms with Gasteiger partial charge in [-0.2, -0.15) is 13.2 Å². The minimum Gasteiger partial charge on any atom is -0.458 e. The van der Waals surface area contributed by atoms with Crippen LogP contribution >= 0.6 is 0 Å². The number of hydrogen-bond donors (Lipinski definition) is 0. The molecule has 1 aromatic rings. The van der Waals surface area contributed by atoms with Crippen LogP contribution in [0.1, 0.15) is 31.2 Å².